The number of carbonyl (C=O) groups excluding carboxylic acids is 4. The molecule has 0 radical (unpaired) electrons. The molecule has 6 nitrogen and oxygen atoms in total. The molecule has 2 aromatic carbocycles. The number of hydrogen-bond donors (Lipinski definition) is 0. The van der Waals surface area contributed by atoms with E-state index in [0.29, 0.717) is 5.56 Å². The van der Waals surface area contributed by atoms with Gasteiger partial charge in [0.1, 0.15) is 0 Å². The predicted molar refractivity (Wildman–Crippen MR) is 119 cm³/mol. The van der Waals surface area contributed by atoms with E-state index in [1.54, 1.807) is 24.3 Å². The molecule has 1 saturated carbocycles. The third-order valence-electron chi connectivity index (χ3n) is 7.86. The Labute approximate surface area is 191 Å². The van der Waals surface area contributed by atoms with Crippen LogP contribution in [0.25, 0.3) is 0 Å². The number of likely N-dealkylation sites (tertiary alicyclic amines) is 1. The number of Topliss-reactive ketones (excluding diaryl/α,β-unsaturated/α-hetero) is 2. The van der Waals surface area contributed by atoms with Crippen LogP contribution >= 0.6 is 0 Å². The van der Waals surface area contributed by atoms with Crippen molar-refractivity contribution in [3.63, 3.8) is 0 Å². The van der Waals surface area contributed by atoms with Gasteiger partial charge in [-0.25, -0.2) is 0 Å². The lowest BCUT2D eigenvalue weighted by atomic mass is 9.77. The first-order valence-corrected chi connectivity index (χ1v) is 11.7. The first-order valence-electron chi connectivity index (χ1n) is 11.7. The Kier molecular flexibility index (Phi) is 4.46. The molecule has 3 unspecified atom stereocenters. The van der Waals surface area contributed by atoms with Crippen molar-refractivity contribution in [3.8, 4) is 0 Å². The molecule has 6 rings (SSSR count). The first kappa shape index (κ1) is 20.5. The van der Waals surface area contributed by atoms with Gasteiger partial charge < -0.3 is 4.74 Å². The second-order valence-corrected chi connectivity index (χ2v) is 9.73. The molecule has 33 heavy (non-hydrogen) atoms. The van der Waals surface area contributed by atoms with Crippen LogP contribution in [0.15, 0.2) is 48.5 Å². The maximum Gasteiger partial charge on any atom is 0.237 e. The summed E-state index contributed by atoms with van der Waals surface area (Å²) in [5.74, 6) is -3.76. The lowest BCUT2D eigenvalue weighted by Crippen LogP contribution is -2.52. The number of nitrogens with zero attached hydrogens (tertiary/aromatic N) is 1. The van der Waals surface area contributed by atoms with Crippen molar-refractivity contribution < 1.29 is 23.9 Å². The molecule has 3 fully saturated rings. The lowest BCUT2D eigenvalue weighted by Gasteiger charge is -2.33. The van der Waals surface area contributed by atoms with Crippen molar-refractivity contribution in [2.75, 3.05) is 0 Å². The molecular weight excluding hydrogens is 418 g/mol. The van der Waals surface area contributed by atoms with Crippen LogP contribution in [0.2, 0.25) is 0 Å². The van der Waals surface area contributed by atoms with Gasteiger partial charge in [0.25, 0.3) is 0 Å². The van der Waals surface area contributed by atoms with Gasteiger partial charge in [-0.3, -0.25) is 24.1 Å². The van der Waals surface area contributed by atoms with E-state index in [2.05, 4.69) is 0 Å². The minimum Gasteiger partial charge on any atom is -0.349 e. The second kappa shape index (κ2) is 7.19. The predicted octanol–water partition coefficient (Wildman–Crippen LogP) is 3.82. The number of benzene rings is 2. The summed E-state index contributed by atoms with van der Waals surface area (Å²) in [4.78, 5) is 56.5. The normalized spacial score (nSPS) is 28.6. The van der Waals surface area contributed by atoms with E-state index in [1.165, 1.54) is 4.90 Å². The number of aryl methyl sites for hydroxylation is 1. The maximum absolute atomic E-state index is 13.9. The SMILES string of the molecule is Cc1cccc(C2OC3(C(=O)c4ccccc4C3=O)C3C(=O)N(C4CCCCC4)C(=O)C23)c1. The van der Waals surface area contributed by atoms with Crippen molar-refractivity contribution in [3.05, 3.63) is 70.8 Å². The molecule has 0 aromatic heterocycles. The molecule has 4 aliphatic rings. The molecule has 0 bridgehead atoms. The summed E-state index contributed by atoms with van der Waals surface area (Å²) in [6.45, 7) is 1.93. The first-order chi connectivity index (χ1) is 15.9. The second-order valence-electron chi connectivity index (χ2n) is 9.73. The fourth-order valence-corrected chi connectivity index (χ4v) is 6.39. The Balaban J connectivity index is 1.51. The Morgan fingerprint density at radius 1 is 0.848 bits per heavy atom. The summed E-state index contributed by atoms with van der Waals surface area (Å²) in [6.07, 6.45) is 3.71. The van der Waals surface area contributed by atoms with Gasteiger partial charge in [0.15, 0.2) is 0 Å². The standard InChI is InChI=1S/C27H25NO5/c1-15-8-7-9-16(14-15)22-20-21(26(32)28(25(20)31)17-10-3-2-4-11-17)27(33-22)23(29)18-12-5-6-13-19(18)24(27)30/h5-9,12-14,17,20-22H,2-4,10-11H2,1H3. The van der Waals surface area contributed by atoms with E-state index in [-0.39, 0.29) is 23.1 Å². The van der Waals surface area contributed by atoms with Crippen molar-refractivity contribution in [2.45, 2.75) is 56.8 Å². The smallest absolute Gasteiger partial charge is 0.237 e. The van der Waals surface area contributed by atoms with Gasteiger partial charge in [-0.15, -0.1) is 0 Å². The molecule has 3 atom stereocenters. The third-order valence-corrected chi connectivity index (χ3v) is 7.86. The average Bonchev–Trinajstić information content (AvgIpc) is 3.40. The Morgan fingerprint density at radius 3 is 2.15 bits per heavy atom. The summed E-state index contributed by atoms with van der Waals surface area (Å²) in [6, 6.07) is 14.0. The number of fused-ring (bicyclic) bond motifs is 3. The fraction of sp³-hybridized carbons (Fsp3) is 0.407. The van der Waals surface area contributed by atoms with Crippen LogP contribution in [-0.2, 0) is 14.3 Å². The van der Waals surface area contributed by atoms with Gasteiger partial charge in [-0.2, -0.15) is 0 Å². The number of carbonyl (C=O) groups is 4. The molecule has 2 aliphatic carbocycles. The van der Waals surface area contributed by atoms with E-state index in [0.717, 1.165) is 37.7 Å². The molecule has 0 N–H and O–H groups in total. The Bertz CT molecular complexity index is 1180. The van der Waals surface area contributed by atoms with Gasteiger partial charge in [0.05, 0.1) is 17.9 Å². The minimum atomic E-state index is -1.97. The monoisotopic (exact) mass is 443 g/mol. The summed E-state index contributed by atoms with van der Waals surface area (Å²) >= 11 is 0. The highest BCUT2D eigenvalue weighted by atomic mass is 16.5. The summed E-state index contributed by atoms with van der Waals surface area (Å²) in [5, 5.41) is 0. The van der Waals surface area contributed by atoms with Crippen molar-refractivity contribution in [2.24, 2.45) is 11.8 Å². The van der Waals surface area contributed by atoms with Gasteiger partial charge in [-0.1, -0.05) is 73.4 Å². The highest BCUT2D eigenvalue weighted by molar-refractivity contribution is 6.35. The largest absolute Gasteiger partial charge is 0.349 e. The number of hydrogen-bond acceptors (Lipinski definition) is 5. The Hall–Kier alpha value is -3.12. The van der Waals surface area contributed by atoms with E-state index in [9.17, 15) is 19.2 Å². The molecular formula is C27H25NO5. The van der Waals surface area contributed by atoms with Crippen molar-refractivity contribution in [1.82, 2.24) is 4.90 Å². The quantitative estimate of drug-likeness (QED) is 0.521. The van der Waals surface area contributed by atoms with E-state index in [4.69, 9.17) is 4.74 Å². The van der Waals surface area contributed by atoms with Crippen LogP contribution in [0.1, 0.15) is 70.1 Å². The van der Waals surface area contributed by atoms with Crippen LogP contribution in [0.3, 0.4) is 0 Å². The summed E-state index contributed by atoms with van der Waals surface area (Å²) in [5.41, 5.74) is 0.246. The zero-order valence-electron chi connectivity index (χ0n) is 18.5. The molecule has 2 amide bonds. The average molecular weight is 443 g/mol. The molecule has 2 heterocycles. The lowest BCUT2D eigenvalue weighted by molar-refractivity contribution is -0.148. The summed E-state index contributed by atoms with van der Waals surface area (Å²) in [7, 11) is 0. The van der Waals surface area contributed by atoms with Crippen LogP contribution < -0.4 is 0 Å². The molecule has 2 aromatic rings. The molecule has 1 spiro atoms. The highest BCUT2D eigenvalue weighted by Gasteiger charge is 2.75. The third kappa shape index (κ3) is 2.64. The summed E-state index contributed by atoms with van der Waals surface area (Å²) < 4.78 is 6.33. The van der Waals surface area contributed by atoms with E-state index >= 15 is 0 Å². The zero-order chi connectivity index (χ0) is 22.9. The maximum atomic E-state index is 13.9. The van der Waals surface area contributed by atoms with Crippen LogP contribution in [0.4, 0.5) is 0 Å². The van der Waals surface area contributed by atoms with Gasteiger partial charge in [0.2, 0.25) is 29.0 Å². The Morgan fingerprint density at radius 2 is 1.52 bits per heavy atom. The van der Waals surface area contributed by atoms with Crippen LogP contribution in [0, 0.1) is 18.8 Å². The van der Waals surface area contributed by atoms with Gasteiger partial charge in [0, 0.05) is 17.2 Å². The van der Waals surface area contributed by atoms with Crippen molar-refractivity contribution >= 4 is 23.4 Å². The van der Waals surface area contributed by atoms with Gasteiger partial charge in [-0.05, 0) is 25.3 Å². The molecule has 6 heteroatoms. The van der Waals surface area contributed by atoms with Crippen LogP contribution in [0.5, 0.6) is 0 Å². The fourth-order valence-electron chi connectivity index (χ4n) is 6.39. The number of ether oxygens (including phenoxy) is 1. The van der Waals surface area contributed by atoms with Gasteiger partial charge >= 0.3 is 0 Å². The molecule has 168 valence electrons. The van der Waals surface area contributed by atoms with Crippen molar-refractivity contribution in [1.29, 1.82) is 0 Å². The van der Waals surface area contributed by atoms with Crippen LogP contribution in [-0.4, -0.2) is 39.9 Å². The molecule has 2 saturated heterocycles. The van der Waals surface area contributed by atoms with E-state index < -0.39 is 41.0 Å². The number of amides is 2. The molecule has 2 aliphatic heterocycles. The number of imide groups is 1. The zero-order valence-corrected chi connectivity index (χ0v) is 18.5. The highest BCUT2D eigenvalue weighted by Crippen LogP contribution is 2.57. The topological polar surface area (TPSA) is 80.8 Å². The van der Waals surface area contributed by atoms with E-state index in [1.807, 2.05) is 31.2 Å². The number of ketones is 2. The minimum absolute atomic E-state index is 0.173. The number of rotatable bonds is 2.